The lowest BCUT2D eigenvalue weighted by molar-refractivity contribution is 0.511. The number of aryl methyl sites for hydroxylation is 2. The lowest BCUT2D eigenvalue weighted by atomic mass is 9.79. The van der Waals surface area contributed by atoms with E-state index in [0.717, 1.165) is 30.9 Å². The molecule has 0 N–H and O–H groups in total. The number of hydrogen-bond donors (Lipinski definition) is 0. The van der Waals surface area contributed by atoms with Gasteiger partial charge in [0.05, 0.1) is 0 Å². The van der Waals surface area contributed by atoms with Gasteiger partial charge in [-0.1, -0.05) is 74.4 Å². The first kappa shape index (κ1) is 19.8. The highest BCUT2D eigenvalue weighted by molar-refractivity contribution is 5.66. The molecule has 0 spiro atoms. The van der Waals surface area contributed by atoms with Gasteiger partial charge in [0.2, 0.25) is 0 Å². The predicted molar refractivity (Wildman–Crippen MR) is 116 cm³/mol. The molecule has 0 bridgehead atoms. The summed E-state index contributed by atoms with van der Waals surface area (Å²) in [5.41, 5.74) is 6.53. The van der Waals surface area contributed by atoms with Gasteiger partial charge in [0.25, 0.3) is 0 Å². The minimum atomic E-state index is -0.793. The molecule has 0 radical (unpaired) electrons. The summed E-state index contributed by atoms with van der Waals surface area (Å²) in [6.45, 7) is 2.24. The molecule has 29 heavy (non-hydrogen) atoms. The summed E-state index contributed by atoms with van der Waals surface area (Å²) >= 11 is 0. The van der Waals surface area contributed by atoms with E-state index in [2.05, 4.69) is 37.3 Å². The van der Waals surface area contributed by atoms with Crippen molar-refractivity contribution in [3.8, 4) is 11.1 Å². The zero-order valence-corrected chi connectivity index (χ0v) is 17.1. The van der Waals surface area contributed by atoms with Gasteiger partial charge in [-0.2, -0.15) is 0 Å². The summed E-state index contributed by atoms with van der Waals surface area (Å²) in [5.74, 6) is -1.03. The van der Waals surface area contributed by atoms with E-state index in [1.54, 1.807) is 12.1 Å². The lowest BCUT2D eigenvalue weighted by Gasteiger charge is -2.26. The molecule has 0 aliphatic heterocycles. The minimum Gasteiger partial charge on any atom is -0.204 e. The molecule has 2 heteroatoms. The maximum Gasteiger partial charge on any atom is 0.166 e. The standard InChI is InChI=1S/C27H28F2/c1-2-3-4-6-19-9-11-20(12-10-19)21-13-14-23-18-24(16-15-22(23)17-21)25-7-5-8-26(28)27(25)29/h5,7-12,15-16,18,21H,2-4,6,13-14,17H2,1H3. The number of fused-ring (bicyclic) bond motifs is 1. The highest BCUT2D eigenvalue weighted by atomic mass is 19.2. The van der Waals surface area contributed by atoms with Gasteiger partial charge in [-0.15, -0.1) is 0 Å². The van der Waals surface area contributed by atoms with Crippen LogP contribution in [-0.2, 0) is 19.3 Å². The molecule has 0 saturated carbocycles. The molecule has 0 heterocycles. The summed E-state index contributed by atoms with van der Waals surface area (Å²) in [6.07, 6.45) is 8.06. The fourth-order valence-corrected chi connectivity index (χ4v) is 4.47. The Kier molecular flexibility index (Phi) is 6.08. The molecule has 0 amide bonds. The predicted octanol–water partition coefficient (Wildman–Crippen LogP) is 7.64. The van der Waals surface area contributed by atoms with Crippen molar-refractivity contribution in [1.82, 2.24) is 0 Å². The van der Waals surface area contributed by atoms with Crippen LogP contribution in [0, 0.1) is 11.6 Å². The topological polar surface area (TPSA) is 0 Å². The van der Waals surface area contributed by atoms with Crippen LogP contribution < -0.4 is 0 Å². The van der Waals surface area contributed by atoms with Crippen LogP contribution in [0.1, 0.15) is 60.8 Å². The van der Waals surface area contributed by atoms with Gasteiger partial charge < -0.3 is 0 Å². The van der Waals surface area contributed by atoms with Gasteiger partial charge in [0.1, 0.15) is 0 Å². The van der Waals surface area contributed by atoms with Crippen LogP contribution in [0.4, 0.5) is 8.78 Å². The van der Waals surface area contributed by atoms with Crippen molar-refractivity contribution in [2.24, 2.45) is 0 Å². The van der Waals surface area contributed by atoms with Crippen LogP contribution >= 0.6 is 0 Å². The molecule has 150 valence electrons. The van der Waals surface area contributed by atoms with Crippen molar-refractivity contribution in [1.29, 1.82) is 0 Å². The molecule has 0 saturated heterocycles. The normalized spacial score (nSPS) is 15.9. The Morgan fingerprint density at radius 3 is 2.52 bits per heavy atom. The van der Waals surface area contributed by atoms with E-state index in [0.29, 0.717) is 11.5 Å². The second-order valence-electron chi connectivity index (χ2n) is 8.22. The zero-order valence-electron chi connectivity index (χ0n) is 17.1. The number of unbranched alkanes of at least 4 members (excludes halogenated alkanes) is 2. The van der Waals surface area contributed by atoms with Crippen molar-refractivity contribution in [3.63, 3.8) is 0 Å². The van der Waals surface area contributed by atoms with Gasteiger partial charge in [0, 0.05) is 5.56 Å². The first-order valence-corrected chi connectivity index (χ1v) is 10.8. The highest BCUT2D eigenvalue weighted by Gasteiger charge is 2.21. The van der Waals surface area contributed by atoms with Crippen molar-refractivity contribution < 1.29 is 8.78 Å². The average molecular weight is 391 g/mol. The van der Waals surface area contributed by atoms with Crippen LogP contribution in [0.25, 0.3) is 11.1 Å². The third kappa shape index (κ3) is 4.42. The summed E-state index contributed by atoms with van der Waals surface area (Å²) in [5, 5.41) is 0. The Bertz CT molecular complexity index is 972. The molecule has 4 rings (SSSR count). The SMILES string of the molecule is CCCCCc1ccc(C2CCc3cc(-c4cccc(F)c4F)ccc3C2)cc1. The summed E-state index contributed by atoms with van der Waals surface area (Å²) in [7, 11) is 0. The molecule has 3 aromatic carbocycles. The zero-order chi connectivity index (χ0) is 20.2. The van der Waals surface area contributed by atoms with E-state index in [1.165, 1.54) is 47.9 Å². The van der Waals surface area contributed by atoms with E-state index in [1.807, 2.05) is 12.1 Å². The highest BCUT2D eigenvalue weighted by Crippen LogP contribution is 2.35. The largest absolute Gasteiger partial charge is 0.204 e. The van der Waals surface area contributed by atoms with Crippen molar-refractivity contribution >= 4 is 0 Å². The van der Waals surface area contributed by atoms with E-state index >= 15 is 0 Å². The third-order valence-electron chi connectivity index (χ3n) is 6.22. The first-order valence-electron chi connectivity index (χ1n) is 10.8. The molecule has 1 unspecified atom stereocenters. The Balaban J connectivity index is 1.48. The Morgan fingerprint density at radius 1 is 0.897 bits per heavy atom. The monoisotopic (exact) mass is 390 g/mol. The average Bonchev–Trinajstić information content (AvgIpc) is 2.76. The fourth-order valence-electron chi connectivity index (χ4n) is 4.47. The number of hydrogen-bond acceptors (Lipinski definition) is 0. The molecule has 0 fully saturated rings. The van der Waals surface area contributed by atoms with Crippen LogP contribution in [0.15, 0.2) is 60.7 Å². The molecule has 0 aromatic heterocycles. The van der Waals surface area contributed by atoms with E-state index in [4.69, 9.17) is 0 Å². The van der Waals surface area contributed by atoms with Crippen LogP contribution in [0.5, 0.6) is 0 Å². The van der Waals surface area contributed by atoms with E-state index < -0.39 is 11.6 Å². The van der Waals surface area contributed by atoms with Gasteiger partial charge >= 0.3 is 0 Å². The molecular formula is C27H28F2. The second-order valence-corrected chi connectivity index (χ2v) is 8.22. The Labute approximate surface area is 172 Å². The molecule has 1 atom stereocenters. The molecule has 1 aliphatic rings. The fraction of sp³-hybridized carbons (Fsp3) is 0.333. The van der Waals surface area contributed by atoms with E-state index in [-0.39, 0.29) is 0 Å². The smallest absolute Gasteiger partial charge is 0.166 e. The van der Waals surface area contributed by atoms with Crippen molar-refractivity contribution in [3.05, 3.63) is 94.6 Å². The summed E-state index contributed by atoms with van der Waals surface area (Å²) in [6, 6.07) is 19.6. The van der Waals surface area contributed by atoms with Crippen LogP contribution in [-0.4, -0.2) is 0 Å². The van der Waals surface area contributed by atoms with Gasteiger partial charge in [-0.3, -0.25) is 0 Å². The maximum absolute atomic E-state index is 14.2. The summed E-state index contributed by atoms with van der Waals surface area (Å²) in [4.78, 5) is 0. The van der Waals surface area contributed by atoms with Gasteiger partial charge in [0.15, 0.2) is 11.6 Å². The van der Waals surface area contributed by atoms with Crippen LogP contribution in [0.3, 0.4) is 0 Å². The van der Waals surface area contributed by atoms with Gasteiger partial charge in [-0.05, 0) is 71.9 Å². The number of halogens is 2. The maximum atomic E-state index is 14.2. The molecule has 1 aliphatic carbocycles. The second kappa shape index (κ2) is 8.90. The van der Waals surface area contributed by atoms with Gasteiger partial charge in [-0.25, -0.2) is 8.78 Å². The Hall–Kier alpha value is -2.48. The number of rotatable bonds is 6. The molecule has 3 aromatic rings. The van der Waals surface area contributed by atoms with E-state index in [9.17, 15) is 8.78 Å². The Morgan fingerprint density at radius 2 is 1.72 bits per heavy atom. The van der Waals surface area contributed by atoms with Crippen molar-refractivity contribution in [2.45, 2.75) is 57.8 Å². The third-order valence-corrected chi connectivity index (χ3v) is 6.22. The van der Waals surface area contributed by atoms with Crippen LogP contribution in [0.2, 0.25) is 0 Å². The number of benzene rings is 3. The lowest BCUT2D eigenvalue weighted by Crippen LogP contribution is -2.13. The first-order chi connectivity index (χ1) is 14.2. The summed E-state index contributed by atoms with van der Waals surface area (Å²) < 4.78 is 27.7. The molecular weight excluding hydrogens is 362 g/mol. The quantitative estimate of drug-likeness (QED) is 0.379. The van der Waals surface area contributed by atoms with Crippen molar-refractivity contribution in [2.75, 3.05) is 0 Å². The minimum absolute atomic E-state index is 0.341. The molecule has 0 nitrogen and oxygen atoms in total.